The van der Waals surface area contributed by atoms with Gasteiger partial charge in [0.25, 0.3) is 0 Å². The van der Waals surface area contributed by atoms with Crippen molar-refractivity contribution in [3.8, 4) is 0 Å². The van der Waals surface area contributed by atoms with Crippen LogP contribution in [0.2, 0.25) is 0 Å². The van der Waals surface area contributed by atoms with E-state index >= 15 is 0 Å². The quantitative estimate of drug-likeness (QED) is 0.538. The number of carbonyl (C=O) groups is 2. The van der Waals surface area contributed by atoms with Crippen LogP contribution in [0, 0.1) is 0 Å². The number of ether oxygens (including phenoxy) is 3. The summed E-state index contributed by atoms with van der Waals surface area (Å²) < 4.78 is 16.8. The van der Waals surface area contributed by atoms with Gasteiger partial charge < -0.3 is 24.0 Å². The first-order valence-electron chi connectivity index (χ1n) is 9.79. The molecule has 0 radical (unpaired) electrons. The standard InChI is InChI=1S/C18H32N2O5S3/c21-17-15-25-9-12-28-16-18(22)20-2-6-24-8-7-23-5-1-19(17)3-10-26-13-14-27-11-4-20/h1-16H2. The van der Waals surface area contributed by atoms with Crippen molar-refractivity contribution in [1.82, 2.24) is 9.80 Å². The minimum atomic E-state index is 0.00399. The Morgan fingerprint density at radius 3 is 1.82 bits per heavy atom. The molecule has 7 nitrogen and oxygen atoms in total. The summed E-state index contributed by atoms with van der Waals surface area (Å²) in [5.74, 6) is 5.24. The summed E-state index contributed by atoms with van der Waals surface area (Å²) in [5, 5.41) is 0. The van der Waals surface area contributed by atoms with Crippen molar-refractivity contribution in [1.29, 1.82) is 0 Å². The fraction of sp³-hybridized carbons (Fsp3) is 0.889. The van der Waals surface area contributed by atoms with Crippen LogP contribution in [0.4, 0.5) is 0 Å². The summed E-state index contributed by atoms with van der Waals surface area (Å²) in [6, 6.07) is 0. The van der Waals surface area contributed by atoms with Crippen molar-refractivity contribution >= 4 is 47.1 Å². The highest BCUT2D eigenvalue weighted by Gasteiger charge is 2.16. The van der Waals surface area contributed by atoms with Crippen LogP contribution in [0.5, 0.6) is 0 Å². The van der Waals surface area contributed by atoms with Crippen LogP contribution in [-0.2, 0) is 23.8 Å². The van der Waals surface area contributed by atoms with E-state index in [0.29, 0.717) is 64.2 Å². The molecule has 0 aromatic carbocycles. The predicted molar refractivity (Wildman–Crippen MR) is 118 cm³/mol. The van der Waals surface area contributed by atoms with Gasteiger partial charge >= 0.3 is 0 Å². The molecule has 0 unspecified atom stereocenters. The lowest BCUT2D eigenvalue weighted by atomic mass is 10.4. The number of amides is 2. The van der Waals surface area contributed by atoms with Crippen molar-refractivity contribution in [3.63, 3.8) is 0 Å². The van der Waals surface area contributed by atoms with Crippen molar-refractivity contribution in [3.05, 3.63) is 0 Å². The van der Waals surface area contributed by atoms with Crippen LogP contribution in [0.25, 0.3) is 0 Å². The molecule has 3 aliphatic heterocycles. The molecular formula is C18H32N2O5S3. The molecule has 0 aromatic rings. The maximum Gasteiger partial charge on any atom is 0.248 e. The highest BCUT2D eigenvalue weighted by atomic mass is 32.2. The van der Waals surface area contributed by atoms with Crippen LogP contribution in [-0.4, -0.2) is 122 Å². The zero-order valence-electron chi connectivity index (χ0n) is 16.5. The smallest absolute Gasteiger partial charge is 0.248 e. The van der Waals surface area contributed by atoms with Gasteiger partial charge in [-0.25, -0.2) is 0 Å². The third-order valence-corrected chi connectivity index (χ3v) is 7.39. The molecule has 0 aliphatic carbocycles. The van der Waals surface area contributed by atoms with E-state index in [9.17, 15) is 9.59 Å². The normalized spacial score (nSPS) is 24.1. The van der Waals surface area contributed by atoms with E-state index in [1.807, 2.05) is 33.3 Å². The first-order chi connectivity index (χ1) is 13.8. The summed E-state index contributed by atoms with van der Waals surface area (Å²) >= 11 is 5.30. The van der Waals surface area contributed by atoms with Gasteiger partial charge in [0.15, 0.2) is 0 Å². The first kappa shape index (κ1) is 24.1. The molecular weight excluding hydrogens is 420 g/mol. The summed E-state index contributed by atoms with van der Waals surface area (Å²) in [6.45, 7) is 5.24. The monoisotopic (exact) mass is 452 g/mol. The molecule has 0 saturated carbocycles. The van der Waals surface area contributed by atoms with E-state index in [4.69, 9.17) is 14.2 Å². The molecule has 28 heavy (non-hydrogen) atoms. The zero-order chi connectivity index (χ0) is 19.9. The Hall–Kier alpha value is -0.130. The maximum absolute atomic E-state index is 12.5. The molecule has 3 fully saturated rings. The molecule has 0 aromatic heterocycles. The SMILES string of the molecule is O=C1COCCSCC(=O)N2CCOCCOCCN1CCSCCSCC2. The molecule has 3 aliphatic rings. The van der Waals surface area contributed by atoms with E-state index in [-0.39, 0.29) is 18.4 Å². The Labute approximate surface area is 180 Å². The van der Waals surface area contributed by atoms with Gasteiger partial charge in [0, 0.05) is 54.9 Å². The third-order valence-electron chi connectivity index (χ3n) is 4.29. The average molecular weight is 453 g/mol. The zero-order valence-corrected chi connectivity index (χ0v) is 18.9. The van der Waals surface area contributed by atoms with Crippen molar-refractivity contribution in [2.24, 2.45) is 0 Å². The van der Waals surface area contributed by atoms with E-state index in [2.05, 4.69) is 0 Å². The first-order valence-corrected chi connectivity index (χ1v) is 13.3. The summed E-state index contributed by atoms with van der Waals surface area (Å²) in [5.41, 5.74) is 0. The second-order valence-corrected chi connectivity index (χ2v) is 9.87. The van der Waals surface area contributed by atoms with Crippen LogP contribution >= 0.6 is 35.3 Å². The lowest BCUT2D eigenvalue weighted by Crippen LogP contribution is -2.39. The van der Waals surface area contributed by atoms with E-state index in [1.165, 1.54) is 0 Å². The number of fused-ring (bicyclic) bond motifs is 21. The van der Waals surface area contributed by atoms with Crippen LogP contribution in [0.15, 0.2) is 0 Å². The summed E-state index contributed by atoms with van der Waals surface area (Å²) in [6.07, 6.45) is 0. The number of carbonyl (C=O) groups excluding carboxylic acids is 2. The lowest BCUT2D eigenvalue weighted by Gasteiger charge is -2.24. The minimum absolute atomic E-state index is 0.00399. The van der Waals surface area contributed by atoms with Gasteiger partial charge in [-0.15, -0.1) is 11.8 Å². The molecule has 3 heterocycles. The molecule has 2 bridgehead atoms. The lowest BCUT2D eigenvalue weighted by molar-refractivity contribution is -0.136. The van der Waals surface area contributed by atoms with E-state index in [0.717, 1.165) is 29.6 Å². The Balaban J connectivity index is 1.99. The fourth-order valence-corrected chi connectivity index (χ4v) is 5.47. The molecule has 2 amide bonds. The molecule has 0 N–H and O–H groups in total. The van der Waals surface area contributed by atoms with Crippen molar-refractivity contribution in [2.75, 3.05) is 100 Å². The highest BCUT2D eigenvalue weighted by Crippen LogP contribution is 2.10. The number of rotatable bonds is 0. The Morgan fingerprint density at radius 1 is 0.571 bits per heavy atom. The van der Waals surface area contributed by atoms with E-state index < -0.39 is 0 Å². The Kier molecular flexibility index (Phi) is 13.5. The molecule has 10 heteroatoms. The molecule has 0 atom stereocenters. The number of thioether (sulfide) groups is 3. The Bertz CT molecular complexity index is 399. The predicted octanol–water partition coefficient (Wildman–Crippen LogP) is 0.920. The van der Waals surface area contributed by atoms with Gasteiger partial charge in [-0.2, -0.15) is 23.5 Å². The van der Waals surface area contributed by atoms with Crippen molar-refractivity contribution in [2.45, 2.75) is 0 Å². The second-order valence-electron chi connectivity index (χ2n) is 6.32. The fourth-order valence-electron chi connectivity index (χ4n) is 2.68. The van der Waals surface area contributed by atoms with Gasteiger partial charge in [-0.1, -0.05) is 0 Å². The largest absolute Gasteiger partial charge is 0.377 e. The number of hydrogen-bond acceptors (Lipinski definition) is 8. The van der Waals surface area contributed by atoms with Gasteiger partial charge in [-0.3, -0.25) is 9.59 Å². The number of nitrogens with zero attached hydrogens (tertiary/aromatic N) is 2. The van der Waals surface area contributed by atoms with Gasteiger partial charge in [0.1, 0.15) is 6.61 Å². The van der Waals surface area contributed by atoms with Gasteiger partial charge in [0.2, 0.25) is 11.8 Å². The number of hydrogen-bond donors (Lipinski definition) is 0. The average Bonchev–Trinajstić information content (AvgIpc) is 2.69. The third kappa shape index (κ3) is 10.6. The van der Waals surface area contributed by atoms with Crippen LogP contribution in [0.3, 0.4) is 0 Å². The topological polar surface area (TPSA) is 68.3 Å². The summed E-state index contributed by atoms with van der Waals surface area (Å²) in [4.78, 5) is 28.8. The van der Waals surface area contributed by atoms with Gasteiger partial charge in [-0.05, 0) is 0 Å². The molecule has 3 saturated heterocycles. The maximum atomic E-state index is 12.5. The minimum Gasteiger partial charge on any atom is -0.377 e. The molecule has 162 valence electrons. The Morgan fingerprint density at radius 2 is 1.18 bits per heavy atom. The molecule has 0 spiro atoms. The van der Waals surface area contributed by atoms with Crippen molar-refractivity contribution < 1.29 is 23.8 Å². The van der Waals surface area contributed by atoms with E-state index in [1.54, 1.807) is 11.8 Å². The highest BCUT2D eigenvalue weighted by molar-refractivity contribution is 8.02. The van der Waals surface area contributed by atoms with Gasteiger partial charge in [0.05, 0.1) is 38.8 Å². The second kappa shape index (κ2) is 15.7. The van der Waals surface area contributed by atoms with Crippen LogP contribution in [0.1, 0.15) is 0 Å². The summed E-state index contributed by atoms with van der Waals surface area (Å²) in [7, 11) is 0. The van der Waals surface area contributed by atoms with Crippen LogP contribution < -0.4 is 0 Å². The molecule has 3 rings (SSSR count).